The molecule has 0 saturated heterocycles. The van der Waals surface area contributed by atoms with Crippen LogP contribution in [0.2, 0.25) is 0 Å². The zero-order chi connectivity index (χ0) is 16.1. The lowest BCUT2D eigenvalue weighted by atomic mass is 9.95. The highest BCUT2D eigenvalue weighted by atomic mass is 16.5. The van der Waals surface area contributed by atoms with Crippen LogP contribution in [0.3, 0.4) is 0 Å². The molecule has 0 aliphatic heterocycles. The molecular formula is C15H26N4O3. The van der Waals surface area contributed by atoms with E-state index in [-0.39, 0.29) is 17.9 Å². The summed E-state index contributed by atoms with van der Waals surface area (Å²) in [5, 5.41) is 3.91. The van der Waals surface area contributed by atoms with E-state index in [1.165, 1.54) is 0 Å². The molecule has 0 aromatic carbocycles. The van der Waals surface area contributed by atoms with Crippen LogP contribution >= 0.6 is 0 Å². The van der Waals surface area contributed by atoms with Crippen LogP contribution in [0, 0.1) is 11.8 Å². The number of aromatic nitrogens is 2. The standard InChI is InChI=1S/C15H26N4O3/c1-4-21-10(2)14-17-13(22-18-14)9-19(3)15(20)12-7-5-6-11(12)8-16/h10-12H,4-9,16H2,1-3H3/t10?,11-,12-/m1/s1. The average molecular weight is 310 g/mol. The van der Waals surface area contributed by atoms with Crippen LogP contribution < -0.4 is 5.73 Å². The zero-order valence-corrected chi connectivity index (χ0v) is 13.6. The van der Waals surface area contributed by atoms with Gasteiger partial charge in [-0.1, -0.05) is 11.6 Å². The Bertz CT molecular complexity index is 491. The van der Waals surface area contributed by atoms with Crippen LogP contribution in [0.15, 0.2) is 4.52 Å². The summed E-state index contributed by atoms with van der Waals surface area (Å²) in [6, 6.07) is 0. The van der Waals surface area contributed by atoms with Gasteiger partial charge in [0.1, 0.15) is 6.10 Å². The van der Waals surface area contributed by atoms with Crippen LogP contribution in [0.4, 0.5) is 0 Å². The molecule has 7 nitrogen and oxygen atoms in total. The molecule has 0 bridgehead atoms. The Labute approximate surface area is 131 Å². The third kappa shape index (κ3) is 3.84. The van der Waals surface area contributed by atoms with Crippen molar-refractivity contribution in [3.63, 3.8) is 0 Å². The van der Waals surface area contributed by atoms with Crippen molar-refractivity contribution in [1.29, 1.82) is 0 Å². The topological polar surface area (TPSA) is 94.5 Å². The third-order valence-electron chi connectivity index (χ3n) is 4.29. The Morgan fingerprint density at radius 1 is 1.55 bits per heavy atom. The fraction of sp³-hybridized carbons (Fsp3) is 0.800. The summed E-state index contributed by atoms with van der Waals surface area (Å²) < 4.78 is 10.6. The molecular weight excluding hydrogens is 284 g/mol. The second kappa shape index (κ2) is 7.69. The first kappa shape index (κ1) is 16.9. The summed E-state index contributed by atoms with van der Waals surface area (Å²) >= 11 is 0. The maximum Gasteiger partial charge on any atom is 0.246 e. The molecule has 1 aliphatic carbocycles. The minimum Gasteiger partial charge on any atom is -0.371 e. The van der Waals surface area contributed by atoms with Crippen molar-refractivity contribution < 1.29 is 14.1 Å². The zero-order valence-electron chi connectivity index (χ0n) is 13.6. The SMILES string of the molecule is CCOC(C)c1noc(CN(C)C(=O)[C@@H]2CCC[C@@H]2CN)n1. The molecule has 1 amide bonds. The minimum atomic E-state index is -0.208. The predicted molar refractivity (Wildman–Crippen MR) is 80.7 cm³/mol. The highest BCUT2D eigenvalue weighted by Crippen LogP contribution is 2.32. The molecule has 2 N–H and O–H groups in total. The monoisotopic (exact) mass is 310 g/mol. The molecule has 1 aliphatic rings. The Kier molecular flexibility index (Phi) is 5.90. The first-order chi connectivity index (χ1) is 10.6. The highest BCUT2D eigenvalue weighted by Gasteiger charge is 2.34. The van der Waals surface area contributed by atoms with Gasteiger partial charge in [0.2, 0.25) is 11.8 Å². The van der Waals surface area contributed by atoms with Crippen molar-refractivity contribution in [3.05, 3.63) is 11.7 Å². The maximum absolute atomic E-state index is 12.5. The second-order valence-corrected chi connectivity index (χ2v) is 5.87. The van der Waals surface area contributed by atoms with E-state index in [4.69, 9.17) is 15.0 Å². The first-order valence-corrected chi connectivity index (χ1v) is 7.95. The summed E-state index contributed by atoms with van der Waals surface area (Å²) in [4.78, 5) is 18.5. The molecule has 1 heterocycles. The fourth-order valence-corrected chi connectivity index (χ4v) is 3.03. The number of amides is 1. The van der Waals surface area contributed by atoms with Gasteiger partial charge in [-0.2, -0.15) is 4.98 Å². The summed E-state index contributed by atoms with van der Waals surface area (Å²) in [6.07, 6.45) is 2.82. The van der Waals surface area contributed by atoms with E-state index in [0.29, 0.717) is 37.3 Å². The summed E-state index contributed by atoms with van der Waals surface area (Å²) in [5.41, 5.74) is 5.75. The van der Waals surface area contributed by atoms with Gasteiger partial charge in [-0.3, -0.25) is 4.79 Å². The van der Waals surface area contributed by atoms with E-state index in [0.717, 1.165) is 19.3 Å². The van der Waals surface area contributed by atoms with E-state index >= 15 is 0 Å². The molecule has 1 fully saturated rings. The van der Waals surface area contributed by atoms with Gasteiger partial charge in [0.25, 0.3) is 0 Å². The molecule has 0 radical (unpaired) electrons. The van der Waals surface area contributed by atoms with E-state index in [2.05, 4.69) is 10.1 Å². The maximum atomic E-state index is 12.5. The van der Waals surface area contributed by atoms with E-state index in [1.54, 1.807) is 11.9 Å². The number of carbonyl (C=O) groups excluding carboxylic acids is 1. The van der Waals surface area contributed by atoms with Crippen LogP contribution in [0.25, 0.3) is 0 Å². The van der Waals surface area contributed by atoms with Gasteiger partial charge < -0.3 is 19.9 Å². The number of hydrogen-bond donors (Lipinski definition) is 1. The number of carbonyl (C=O) groups is 1. The Morgan fingerprint density at radius 3 is 3.00 bits per heavy atom. The molecule has 22 heavy (non-hydrogen) atoms. The van der Waals surface area contributed by atoms with Gasteiger partial charge in [0.05, 0.1) is 6.54 Å². The highest BCUT2D eigenvalue weighted by molar-refractivity contribution is 5.79. The molecule has 0 spiro atoms. The van der Waals surface area contributed by atoms with Gasteiger partial charge >= 0.3 is 0 Å². The molecule has 2 rings (SSSR count). The van der Waals surface area contributed by atoms with Gasteiger partial charge in [-0.25, -0.2) is 0 Å². The largest absolute Gasteiger partial charge is 0.371 e. The summed E-state index contributed by atoms with van der Waals surface area (Å²) in [6.45, 7) is 5.27. The normalized spacial score (nSPS) is 22.7. The van der Waals surface area contributed by atoms with Crippen molar-refractivity contribution in [3.8, 4) is 0 Å². The molecule has 1 aromatic rings. The lowest BCUT2D eigenvalue weighted by Crippen LogP contribution is -2.36. The molecule has 1 aromatic heterocycles. The number of nitrogens with zero attached hydrogens (tertiary/aromatic N) is 3. The van der Waals surface area contributed by atoms with Crippen molar-refractivity contribution in [2.75, 3.05) is 20.2 Å². The lowest BCUT2D eigenvalue weighted by Gasteiger charge is -2.23. The van der Waals surface area contributed by atoms with Crippen molar-refractivity contribution in [2.45, 2.75) is 45.8 Å². The van der Waals surface area contributed by atoms with E-state index in [9.17, 15) is 4.79 Å². The van der Waals surface area contributed by atoms with Crippen molar-refractivity contribution in [1.82, 2.24) is 15.0 Å². The van der Waals surface area contributed by atoms with Crippen LogP contribution in [-0.2, 0) is 16.1 Å². The first-order valence-electron chi connectivity index (χ1n) is 7.95. The van der Waals surface area contributed by atoms with Crippen molar-refractivity contribution in [2.24, 2.45) is 17.6 Å². The van der Waals surface area contributed by atoms with Gasteiger partial charge in [0, 0.05) is 19.6 Å². The molecule has 7 heteroatoms. The van der Waals surface area contributed by atoms with E-state index in [1.807, 2.05) is 13.8 Å². The lowest BCUT2D eigenvalue weighted by molar-refractivity contribution is -0.136. The van der Waals surface area contributed by atoms with Gasteiger partial charge in [-0.15, -0.1) is 0 Å². The molecule has 1 saturated carbocycles. The molecule has 3 atom stereocenters. The number of hydrogen-bond acceptors (Lipinski definition) is 6. The average Bonchev–Trinajstić information content (AvgIpc) is 3.15. The minimum absolute atomic E-state index is 0.0275. The molecule has 124 valence electrons. The number of rotatable bonds is 7. The summed E-state index contributed by atoms with van der Waals surface area (Å²) in [5.74, 6) is 1.38. The third-order valence-corrected chi connectivity index (χ3v) is 4.29. The Balaban J connectivity index is 1.94. The second-order valence-electron chi connectivity index (χ2n) is 5.87. The Morgan fingerprint density at radius 2 is 2.32 bits per heavy atom. The fourth-order valence-electron chi connectivity index (χ4n) is 3.03. The number of ether oxygens (including phenoxy) is 1. The van der Waals surface area contributed by atoms with Crippen LogP contribution in [0.5, 0.6) is 0 Å². The molecule has 1 unspecified atom stereocenters. The van der Waals surface area contributed by atoms with E-state index < -0.39 is 0 Å². The van der Waals surface area contributed by atoms with Gasteiger partial charge in [-0.05, 0) is 39.2 Å². The predicted octanol–water partition coefficient (Wildman–Crippen LogP) is 1.50. The quantitative estimate of drug-likeness (QED) is 0.820. The van der Waals surface area contributed by atoms with Crippen LogP contribution in [-0.4, -0.2) is 41.1 Å². The van der Waals surface area contributed by atoms with Gasteiger partial charge in [0.15, 0.2) is 5.82 Å². The smallest absolute Gasteiger partial charge is 0.246 e. The Hall–Kier alpha value is -1.47. The van der Waals surface area contributed by atoms with Crippen LogP contribution in [0.1, 0.15) is 50.9 Å². The number of nitrogens with two attached hydrogens (primary N) is 1. The van der Waals surface area contributed by atoms with Crippen molar-refractivity contribution >= 4 is 5.91 Å². The summed E-state index contributed by atoms with van der Waals surface area (Å²) in [7, 11) is 1.77.